The van der Waals surface area contributed by atoms with Crippen molar-refractivity contribution in [1.29, 1.82) is 0 Å². The van der Waals surface area contributed by atoms with E-state index in [0.717, 1.165) is 17.2 Å². The molecule has 0 atom stereocenters. The lowest BCUT2D eigenvalue weighted by molar-refractivity contribution is -0.131. The van der Waals surface area contributed by atoms with Crippen molar-refractivity contribution in [2.24, 2.45) is 0 Å². The molecule has 2 N–H and O–H groups in total. The van der Waals surface area contributed by atoms with Gasteiger partial charge in [-0.2, -0.15) is 0 Å². The van der Waals surface area contributed by atoms with Crippen LogP contribution in [0.1, 0.15) is 11.1 Å². The Morgan fingerprint density at radius 2 is 1.86 bits per heavy atom. The average Bonchev–Trinajstić information content (AvgIpc) is 2.47. The number of benzene rings is 2. The summed E-state index contributed by atoms with van der Waals surface area (Å²) in [6.07, 6.45) is 2.34. The molecule has 0 heterocycles. The van der Waals surface area contributed by atoms with Crippen LogP contribution in [0.15, 0.2) is 42.5 Å². The fraction of sp³-hybridized carbons (Fsp3) is 0.118. The topological polar surface area (TPSA) is 66.8 Å². The number of methoxy groups -OCH3 is 1. The Kier molecular flexibility index (Phi) is 6.01. The van der Waals surface area contributed by atoms with Crippen molar-refractivity contribution < 1.29 is 19.7 Å². The van der Waals surface area contributed by atoms with Gasteiger partial charge in [0.05, 0.1) is 7.11 Å². The number of aliphatic carboxylic acids is 1. The van der Waals surface area contributed by atoms with E-state index in [-0.39, 0.29) is 18.2 Å². The number of carboxylic acid groups (broad SMARTS) is 1. The highest BCUT2D eigenvalue weighted by molar-refractivity contribution is 5.88. The molecular weight excluding hydrogens is 304 g/mol. The number of hydrogen-bond acceptors (Lipinski definition) is 3. The van der Waals surface area contributed by atoms with Crippen molar-refractivity contribution in [2.45, 2.75) is 6.92 Å². The fourth-order valence-corrected chi connectivity index (χ4v) is 2.22. The Balaban J connectivity index is 0.00000242. The summed E-state index contributed by atoms with van der Waals surface area (Å²) < 4.78 is 5.32. The lowest BCUT2D eigenvalue weighted by Gasteiger charge is -2.15. The lowest BCUT2D eigenvalue weighted by atomic mass is 9.95. The summed E-state index contributed by atoms with van der Waals surface area (Å²) in [6, 6.07) is 11.0. The molecule has 0 radical (unpaired) electrons. The van der Waals surface area contributed by atoms with Gasteiger partial charge in [0.2, 0.25) is 0 Å². The van der Waals surface area contributed by atoms with Gasteiger partial charge in [0.25, 0.3) is 0 Å². The van der Waals surface area contributed by atoms with Gasteiger partial charge in [-0.1, -0.05) is 30.3 Å². The molecule has 0 bridgehead atoms. The minimum atomic E-state index is -1.07. The predicted octanol–water partition coefficient (Wildman–Crippen LogP) is 3.90. The molecule has 116 valence electrons. The van der Waals surface area contributed by atoms with E-state index >= 15 is 0 Å². The van der Waals surface area contributed by atoms with Crippen LogP contribution in [-0.4, -0.2) is 23.3 Å². The van der Waals surface area contributed by atoms with Gasteiger partial charge in [-0.25, -0.2) is 4.79 Å². The van der Waals surface area contributed by atoms with Gasteiger partial charge in [-0.15, -0.1) is 12.4 Å². The maximum atomic E-state index is 10.7. The summed E-state index contributed by atoms with van der Waals surface area (Å²) in [5.74, 6) is -0.441. The number of carbonyl (C=O) groups is 1. The highest BCUT2D eigenvalue weighted by atomic mass is 35.5. The molecule has 5 heteroatoms. The SMILES string of the molecule is COc1cc(C=CC(=O)O)c(O)c(-c2ccccc2)c1C.Cl. The average molecular weight is 321 g/mol. The van der Waals surface area contributed by atoms with Crippen molar-refractivity contribution in [3.63, 3.8) is 0 Å². The second kappa shape index (κ2) is 7.52. The number of phenolic OH excluding ortho intramolecular Hbond substituents is 1. The first-order valence-electron chi connectivity index (χ1n) is 6.41. The molecule has 0 fully saturated rings. The second-order valence-corrected chi connectivity index (χ2v) is 4.55. The molecule has 4 nitrogen and oxygen atoms in total. The van der Waals surface area contributed by atoms with Crippen molar-refractivity contribution in [3.8, 4) is 22.6 Å². The largest absolute Gasteiger partial charge is 0.507 e. The molecule has 2 rings (SSSR count). The number of aromatic hydroxyl groups is 1. The third-order valence-corrected chi connectivity index (χ3v) is 3.23. The smallest absolute Gasteiger partial charge is 0.328 e. The van der Waals surface area contributed by atoms with Crippen molar-refractivity contribution in [2.75, 3.05) is 7.11 Å². The molecule has 2 aromatic carbocycles. The van der Waals surface area contributed by atoms with Crippen molar-refractivity contribution in [1.82, 2.24) is 0 Å². The number of halogens is 1. The summed E-state index contributed by atoms with van der Waals surface area (Å²) in [7, 11) is 1.54. The minimum absolute atomic E-state index is 0. The molecule has 2 aromatic rings. The molecule has 0 saturated carbocycles. The number of ether oxygens (including phenoxy) is 1. The highest BCUT2D eigenvalue weighted by Crippen LogP contribution is 2.40. The van der Waals surface area contributed by atoms with Crippen LogP contribution < -0.4 is 4.74 Å². The van der Waals surface area contributed by atoms with E-state index in [0.29, 0.717) is 16.9 Å². The number of carboxylic acids is 1. The molecule has 0 saturated heterocycles. The van der Waals surface area contributed by atoms with Crippen LogP contribution in [0.4, 0.5) is 0 Å². The highest BCUT2D eigenvalue weighted by Gasteiger charge is 2.15. The van der Waals surface area contributed by atoms with Crippen LogP contribution in [-0.2, 0) is 4.79 Å². The fourth-order valence-electron chi connectivity index (χ4n) is 2.22. The first-order chi connectivity index (χ1) is 10.0. The first-order valence-corrected chi connectivity index (χ1v) is 6.41. The molecule has 0 spiro atoms. The molecule has 0 unspecified atom stereocenters. The van der Waals surface area contributed by atoms with E-state index in [1.54, 1.807) is 13.2 Å². The van der Waals surface area contributed by atoms with E-state index < -0.39 is 5.97 Å². The Labute approximate surface area is 135 Å². The third-order valence-electron chi connectivity index (χ3n) is 3.23. The quantitative estimate of drug-likeness (QED) is 0.839. The number of rotatable bonds is 4. The molecule has 0 aliphatic heterocycles. The summed E-state index contributed by atoms with van der Waals surface area (Å²) in [5.41, 5.74) is 2.68. The summed E-state index contributed by atoms with van der Waals surface area (Å²) >= 11 is 0. The van der Waals surface area contributed by atoms with Gasteiger partial charge in [0, 0.05) is 22.8 Å². The Bertz CT molecular complexity index is 694. The van der Waals surface area contributed by atoms with Gasteiger partial charge in [-0.3, -0.25) is 0 Å². The molecular formula is C17H17ClO4. The van der Waals surface area contributed by atoms with E-state index in [2.05, 4.69) is 0 Å². The minimum Gasteiger partial charge on any atom is -0.507 e. The van der Waals surface area contributed by atoms with Gasteiger partial charge in [-0.05, 0) is 24.6 Å². The standard InChI is InChI=1S/C17H16O4.ClH/c1-11-14(21-2)10-13(8-9-15(18)19)17(20)16(11)12-6-4-3-5-7-12;/h3-10,20H,1-2H3,(H,18,19);1H. The Morgan fingerprint density at radius 1 is 1.23 bits per heavy atom. The number of hydrogen-bond donors (Lipinski definition) is 2. The number of phenols is 1. The molecule has 0 aromatic heterocycles. The molecule has 0 aliphatic rings. The van der Waals surface area contributed by atoms with Crippen molar-refractivity contribution >= 4 is 24.5 Å². The molecule has 0 aliphatic carbocycles. The first kappa shape index (κ1) is 17.6. The zero-order valence-corrected chi connectivity index (χ0v) is 13.1. The van der Waals surface area contributed by atoms with E-state index in [9.17, 15) is 9.90 Å². The summed E-state index contributed by atoms with van der Waals surface area (Å²) in [6.45, 7) is 1.85. The molecule has 0 amide bonds. The van der Waals surface area contributed by atoms with Gasteiger partial charge >= 0.3 is 5.97 Å². The van der Waals surface area contributed by atoms with Crippen LogP contribution in [0.25, 0.3) is 17.2 Å². The second-order valence-electron chi connectivity index (χ2n) is 4.55. The van der Waals surface area contributed by atoms with Crippen LogP contribution in [0, 0.1) is 6.92 Å². The maximum absolute atomic E-state index is 10.7. The Hall–Kier alpha value is -2.46. The zero-order chi connectivity index (χ0) is 15.4. The van der Waals surface area contributed by atoms with Gasteiger partial charge in [0.1, 0.15) is 11.5 Å². The van der Waals surface area contributed by atoms with Crippen molar-refractivity contribution in [3.05, 3.63) is 53.6 Å². The predicted molar refractivity (Wildman–Crippen MR) is 88.7 cm³/mol. The van der Waals surface area contributed by atoms with Crippen LogP contribution in [0.2, 0.25) is 0 Å². The van der Waals surface area contributed by atoms with E-state index in [1.807, 2.05) is 37.3 Å². The molecule has 22 heavy (non-hydrogen) atoms. The lowest BCUT2D eigenvalue weighted by Crippen LogP contribution is -1.94. The monoisotopic (exact) mass is 320 g/mol. The third kappa shape index (κ3) is 3.59. The summed E-state index contributed by atoms with van der Waals surface area (Å²) in [5, 5.41) is 19.2. The van der Waals surface area contributed by atoms with Crippen LogP contribution in [0.5, 0.6) is 11.5 Å². The summed E-state index contributed by atoms with van der Waals surface area (Å²) in [4.78, 5) is 10.7. The van der Waals surface area contributed by atoms with Gasteiger partial charge < -0.3 is 14.9 Å². The Morgan fingerprint density at radius 3 is 2.41 bits per heavy atom. The van der Waals surface area contributed by atoms with Gasteiger partial charge in [0.15, 0.2) is 0 Å². The normalized spacial score (nSPS) is 10.3. The van der Waals surface area contributed by atoms with E-state index in [1.165, 1.54) is 6.08 Å². The maximum Gasteiger partial charge on any atom is 0.328 e. The van der Waals surface area contributed by atoms with E-state index in [4.69, 9.17) is 9.84 Å². The van der Waals surface area contributed by atoms with Crippen LogP contribution >= 0.6 is 12.4 Å². The van der Waals surface area contributed by atoms with Crippen LogP contribution in [0.3, 0.4) is 0 Å². The zero-order valence-electron chi connectivity index (χ0n) is 12.2.